The van der Waals surface area contributed by atoms with E-state index in [1.165, 1.54) is 0 Å². The zero-order chi connectivity index (χ0) is 12.3. The molecule has 0 aromatic heterocycles. The summed E-state index contributed by atoms with van der Waals surface area (Å²) in [4.78, 5) is 10.8. The van der Waals surface area contributed by atoms with Crippen molar-refractivity contribution in [2.45, 2.75) is 6.18 Å². The van der Waals surface area contributed by atoms with Gasteiger partial charge in [-0.1, -0.05) is 6.07 Å². The molecule has 88 valence electrons. The quantitative estimate of drug-likeness (QED) is 0.639. The third kappa shape index (κ3) is 2.85. The molecular formula is C9H6ClF4NO. The summed E-state index contributed by atoms with van der Waals surface area (Å²) in [7, 11) is 0. The third-order valence-corrected chi connectivity index (χ3v) is 1.95. The number of hydrogen-bond acceptors (Lipinski definition) is 1. The molecule has 2 nitrogen and oxygen atoms in total. The van der Waals surface area contributed by atoms with E-state index in [1.807, 2.05) is 0 Å². The lowest BCUT2D eigenvalue weighted by Gasteiger charge is -2.13. The van der Waals surface area contributed by atoms with Crippen LogP contribution < -0.4 is 5.32 Å². The first kappa shape index (κ1) is 12.8. The van der Waals surface area contributed by atoms with Crippen LogP contribution in [0, 0.1) is 5.82 Å². The molecule has 16 heavy (non-hydrogen) atoms. The number of carbonyl (C=O) groups excluding carboxylic acids is 1. The topological polar surface area (TPSA) is 29.1 Å². The summed E-state index contributed by atoms with van der Waals surface area (Å²) in [5.74, 6) is -2.61. The van der Waals surface area contributed by atoms with Crippen LogP contribution in [0.1, 0.15) is 5.56 Å². The molecule has 7 heteroatoms. The highest BCUT2D eigenvalue weighted by molar-refractivity contribution is 6.29. The number of carbonyl (C=O) groups is 1. The smallest absolute Gasteiger partial charge is 0.322 e. The van der Waals surface area contributed by atoms with Gasteiger partial charge in [0.2, 0.25) is 5.91 Å². The Kier molecular flexibility index (Phi) is 3.74. The highest BCUT2D eigenvalue weighted by Crippen LogP contribution is 2.35. The van der Waals surface area contributed by atoms with Crippen LogP contribution in [0.25, 0.3) is 0 Å². The molecular weight excluding hydrogens is 250 g/mol. The van der Waals surface area contributed by atoms with Gasteiger partial charge in [-0.2, -0.15) is 13.2 Å². The fraction of sp³-hybridized carbons (Fsp3) is 0.222. The molecule has 1 rings (SSSR count). The molecule has 0 saturated carbocycles. The fourth-order valence-corrected chi connectivity index (χ4v) is 1.13. The normalized spacial score (nSPS) is 11.3. The summed E-state index contributed by atoms with van der Waals surface area (Å²) in [6, 6.07) is 2.40. The third-order valence-electron chi connectivity index (χ3n) is 1.70. The standard InChI is InChI=1S/C9H6ClF4NO/c10-4-7(16)15-8-5(9(12,13)14)2-1-3-6(8)11/h1-3H,4H2,(H,15,16). The molecule has 1 N–H and O–H groups in total. The van der Waals surface area contributed by atoms with Gasteiger partial charge in [0.05, 0.1) is 11.3 Å². The minimum absolute atomic E-state index is 0.550. The molecule has 1 amide bonds. The van der Waals surface area contributed by atoms with Gasteiger partial charge in [0.15, 0.2) is 0 Å². The Morgan fingerprint density at radius 3 is 2.50 bits per heavy atom. The molecule has 0 unspecified atom stereocenters. The SMILES string of the molecule is O=C(CCl)Nc1c(F)cccc1C(F)(F)F. The summed E-state index contributed by atoms with van der Waals surface area (Å²) in [5.41, 5.74) is -2.15. The van der Waals surface area contributed by atoms with Crippen LogP contribution in [0.3, 0.4) is 0 Å². The molecule has 1 aromatic rings. The summed E-state index contributed by atoms with van der Waals surface area (Å²) in [5, 5.41) is 1.77. The Morgan fingerprint density at radius 2 is 2.00 bits per heavy atom. The zero-order valence-electron chi connectivity index (χ0n) is 7.74. The van der Waals surface area contributed by atoms with Gasteiger partial charge in [-0.15, -0.1) is 11.6 Å². The van der Waals surface area contributed by atoms with E-state index >= 15 is 0 Å². The number of anilines is 1. The molecule has 0 saturated heterocycles. The minimum atomic E-state index is -4.74. The maximum atomic E-state index is 13.1. The van der Waals surface area contributed by atoms with Gasteiger partial charge >= 0.3 is 6.18 Å². The predicted octanol–water partition coefficient (Wildman–Crippen LogP) is 3.02. The van der Waals surface area contributed by atoms with Gasteiger partial charge in [-0.25, -0.2) is 4.39 Å². The molecule has 0 radical (unpaired) electrons. The number of halogens is 5. The van der Waals surface area contributed by atoms with E-state index in [2.05, 4.69) is 0 Å². The van der Waals surface area contributed by atoms with E-state index in [-0.39, 0.29) is 0 Å². The van der Waals surface area contributed by atoms with E-state index in [4.69, 9.17) is 11.6 Å². The van der Waals surface area contributed by atoms with Gasteiger partial charge < -0.3 is 5.32 Å². The Balaban J connectivity index is 3.19. The second-order valence-corrected chi connectivity index (χ2v) is 3.11. The van der Waals surface area contributed by atoms with E-state index in [0.29, 0.717) is 6.07 Å². The number of nitrogens with one attached hydrogen (secondary N) is 1. The van der Waals surface area contributed by atoms with Crippen molar-refractivity contribution in [1.82, 2.24) is 0 Å². The summed E-state index contributed by atoms with van der Waals surface area (Å²) in [6.45, 7) is 0. The maximum Gasteiger partial charge on any atom is 0.418 e. The second-order valence-electron chi connectivity index (χ2n) is 2.84. The van der Waals surface area contributed by atoms with Crippen molar-refractivity contribution in [3.63, 3.8) is 0 Å². The first-order valence-corrected chi connectivity index (χ1v) is 4.61. The van der Waals surface area contributed by atoms with Crippen LogP contribution in [-0.2, 0) is 11.0 Å². The molecule has 0 aliphatic rings. The van der Waals surface area contributed by atoms with Crippen molar-refractivity contribution in [3.8, 4) is 0 Å². The van der Waals surface area contributed by atoms with Gasteiger partial charge in [0, 0.05) is 0 Å². The molecule has 0 atom stereocenters. The second kappa shape index (κ2) is 4.69. The lowest BCUT2D eigenvalue weighted by atomic mass is 10.1. The largest absolute Gasteiger partial charge is 0.418 e. The molecule has 0 aliphatic carbocycles. The maximum absolute atomic E-state index is 13.1. The molecule has 0 spiro atoms. The van der Waals surface area contributed by atoms with Crippen molar-refractivity contribution in [2.75, 3.05) is 11.2 Å². The van der Waals surface area contributed by atoms with E-state index in [0.717, 1.165) is 12.1 Å². The monoisotopic (exact) mass is 255 g/mol. The van der Waals surface area contributed by atoms with Crippen LogP contribution in [0.5, 0.6) is 0 Å². The average Bonchev–Trinajstić information content (AvgIpc) is 2.19. The Labute approximate surface area is 93.2 Å². The lowest BCUT2D eigenvalue weighted by Crippen LogP contribution is -2.18. The predicted molar refractivity (Wildman–Crippen MR) is 50.8 cm³/mol. The number of benzene rings is 1. The first-order valence-electron chi connectivity index (χ1n) is 4.07. The minimum Gasteiger partial charge on any atom is -0.322 e. The Bertz CT molecular complexity index is 405. The molecule has 0 heterocycles. The zero-order valence-corrected chi connectivity index (χ0v) is 8.49. The molecule has 0 aliphatic heterocycles. The first-order chi connectivity index (χ1) is 7.36. The van der Waals surface area contributed by atoms with E-state index < -0.39 is 35.0 Å². The van der Waals surface area contributed by atoms with Gasteiger partial charge in [-0.3, -0.25) is 4.79 Å². The number of alkyl halides is 4. The van der Waals surface area contributed by atoms with Crippen molar-refractivity contribution in [1.29, 1.82) is 0 Å². The summed E-state index contributed by atoms with van der Waals surface area (Å²) < 4.78 is 50.4. The van der Waals surface area contributed by atoms with Crippen LogP contribution in [0.4, 0.5) is 23.2 Å². The van der Waals surface area contributed by atoms with Crippen LogP contribution in [0.2, 0.25) is 0 Å². The van der Waals surface area contributed by atoms with Gasteiger partial charge in [-0.05, 0) is 12.1 Å². The van der Waals surface area contributed by atoms with E-state index in [1.54, 1.807) is 5.32 Å². The van der Waals surface area contributed by atoms with Gasteiger partial charge in [0.1, 0.15) is 11.7 Å². The summed E-state index contributed by atoms with van der Waals surface area (Å²) in [6.07, 6.45) is -4.74. The fourth-order valence-electron chi connectivity index (χ4n) is 1.06. The molecule has 0 bridgehead atoms. The van der Waals surface area contributed by atoms with Crippen molar-refractivity contribution >= 4 is 23.2 Å². The average molecular weight is 256 g/mol. The van der Waals surface area contributed by atoms with Crippen LogP contribution in [-0.4, -0.2) is 11.8 Å². The number of rotatable bonds is 2. The Morgan fingerprint density at radius 1 is 1.38 bits per heavy atom. The summed E-state index contributed by atoms with van der Waals surface area (Å²) >= 11 is 5.11. The van der Waals surface area contributed by atoms with Crippen molar-refractivity contribution in [3.05, 3.63) is 29.6 Å². The van der Waals surface area contributed by atoms with Crippen molar-refractivity contribution in [2.24, 2.45) is 0 Å². The highest BCUT2D eigenvalue weighted by Gasteiger charge is 2.35. The number of amides is 1. The van der Waals surface area contributed by atoms with Crippen LogP contribution >= 0.6 is 11.6 Å². The number of para-hydroxylation sites is 1. The Hall–Kier alpha value is -1.30. The molecule has 1 aromatic carbocycles. The van der Waals surface area contributed by atoms with Gasteiger partial charge in [0.25, 0.3) is 0 Å². The lowest BCUT2D eigenvalue weighted by molar-refractivity contribution is -0.137. The van der Waals surface area contributed by atoms with Crippen molar-refractivity contribution < 1.29 is 22.4 Å². The van der Waals surface area contributed by atoms with Crippen LogP contribution in [0.15, 0.2) is 18.2 Å². The highest BCUT2D eigenvalue weighted by atomic mass is 35.5. The molecule has 0 fully saturated rings. The number of hydrogen-bond donors (Lipinski definition) is 1. The van der Waals surface area contributed by atoms with E-state index in [9.17, 15) is 22.4 Å².